The average molecular weight is 384 g/mol. The lowest BCUT2D eigenvalue weighted by Crippen LogP contribution is -2.09. The van der Waals surface area contributed by atoms with Gasteiger partial charge in [-0.05, 0) is 24.3 Å². The highest BCUT2D eigenvalue weighted by Crippen LogP contribution is 2.38. The first-order valence-electron chi connectivity index (χ1n) is 6.70. The zero-order valence-corrected chi connectivity index (χ0v) is 14.2. The number of nitro groups is 1. The summed E-state index contributed by atoms with van der Waals surface area (Å²) in [7, 11) is 0. The van der Waals surface area contributed by atoms with Crippen LogP contribution in [-0.4, -0.2) is 14.9 Å². The molecule has 0 saturated heterocycles. The molecule has 0 aliphatic heterocycles. The lowest BCUT2D eigenvalue weighted by Gasteiger charge is -2.14. The Labute approximate surface area is 151 Å². The molecule has 0 spiro atoms. The van der Waals surface area contributed by atoms with E-state index >= 15 is 0 Å². The molecule has 0 amide bonds. The Kier molecular flexibility index (Phi) is 4.45. The SMILES string of the molecule is O=[N+]([O-])c1ccc(Nc2nc(C(Cl)(Cl)Cl)nc3ccccc23)cc1. The van der Waals surface area contributed by atoms with Crippen molar-refractivity contribution in [2.45, 2.75) is 3.79 Å². The normalized spacial score (nSPS) is 11.5. The van der Waals surface area contributed by atoms with Crippen LogP contribution < -0.4 is 5.32 Å². The molecule has 6 nitrogen and oxygen atoms in total. The molecule has 0 saturated carbocycles. The monoisotopic (exact) mass is 382 g/mol. The van der Waals surface area contributed by atoms with E-state index in [1.54, 1.807) is 18.2 Å². The van der Waals surface area contributed by atoms with Gasteiger partial charge in [0.25, 0.3) is 5.69 Å². The fourth-order valence-corrected chi connectivity index (χ4v) is 2.36. The maximum absolute atomic E-state index is 10.7. The van der Waals surface area contributed by atoms with Gasteiger partial charge in [-0.25, -0.2) is 9.97 Å². The van der Waals surface area contributed by atoms with Gasteiger partial charge in [0.2, 0.25) is 3.79 Å². The molecule has 1 aromatic heterocycles. The lowest BCUT2D eigenvalue weighted by molar-refractivity contribution is -0.384. The zero-order valence-electron chi connectivity index (χ0n) is 11.9. The van der Waals surface area contributed by atoms with E-state index in [-0.39, 0.29) is 11.5 Å². The third-order valence-electron chi connectivity index (χ3n) is 3.20. The van der Waals surface area contributed by atoms with Gasteiger partial charge in [0.1, 0.15) is 5.82 Å². The van der Waals surface area contributed by atoms with Crippen molar-refractivity contribution in [2.75, 3.05) is 5.32 Å². The van der Waals surface area contributed by atoms with Crippen molar-refractivity contribution in [2.24, 2.45) is 0 Å². The minimum Gasteiger partial charge on any atom is -0.340 e. The van der Waals surface area contributed by atoms with Crippen LogP contribution in [0.25, 0.3) is 10.9 Å². The van der Waals surface area contributed by atoms with Crippen molar-refractivity contribution in [1.29, 1.82) is 0 Å². The van der Waals surface area contributed by atoms with Crippen LogP contribution >= 0.6 is 34.8 Å². The Bertz CT molecular complexity index is 911. The molecule has 1 N–H and O–H groups in total. The van der Waals surface area contributed by atoms with Crippen molar-refractivity contribution in [3.05, 3.63) is 64.5 Å². The molecule has 0 aliphatic rings. The molecule has 0 bridgehead atoms. The van der Waals surface area contributed by atoms with E-state index in [1.165, 1.54) is 12.1 Å². The first-order valence-corrected chi connectivity index (χ1v) is 7.83. The van der Waals surface area contributed by atoms with Crippen LogP contribution in [0.4, 0.5) is 17.2 Å². The van der Waals surface area contributed by atoms with Gasteiger partial charge in [0, 0.05) is 23.2 Å². The summed E-state index contributed by atoms with van der Waals surface area (Å²) in [5.74, 6) is 0.478. The Morgan fingerprint density at radius 3 is 2.29 bits per heavy atom. The number of para-hydroxylation sites is 1. The maximum atomic E-state index is 10.7. The van der Waals surface area contributed by atoms with Crippen molar-refractivity contribution in [3.8, 4) is 0 Å². The molecular weight excluding hydrogens is 375 g/mol. The van der Waals surface area contributed by atoms with Crippen LogP contribution in [0, 0.1) is 10.1 Å². The first kappa shape index (κ1) is 16.7. The Hall–Kier alpha value is -2.15. The summed E-state index contributed by atoms with van der Waals surface area (Å²) in [5.41, 5.74) is 1.22. The fourth-order valence-electron chi connectivity index (χ4n) is 2.10. The van der Waals surface area contributed by atoms with Gasteiger partial charge in [-0.2, -0.15) is 0 Å². The topological polar surface area (TPSA) is 81.0 Å². The van der Waals surface area contributed by atoms with Crippen LogP contribution in [0.3, 0.4) is 0 Å². The number of non-ortho nitro benzene ring substituents is 1. The van der Waals surface area contributed by atoms with Gasteiger partial charge in [-0.3, -0.25) is 10.1 Å². The summed E-state index contributed by atoms with van der Waals surface area (Å²) in [6.07, 6.45) is 0. The van der Waals surface area contributed by atoms with E-state index in [0.717, 1.165) is 5.39 Å². The number of halogens is 3. The zero-order chi connectivity index (χ0) is 17.3. The minimum atomic E-state index is -1.77. The van der Waals surface area contributed by atoms with E-state index < -0.39 is 8.72 Å². The number of rotatable bonds is 3. The largest absolute Gasteiger partial charge is 0.340 e. The number of nitrogens with zero attached hydrogens (tertiary/aromatic N) is 3. The van der Waals surface area contributed by atoms with E-state index in [0.29, 0.717) is 17.0 Å². The highest BCUT2D eigenvalue weighted by atomic mass is 35.6. The first-order chi connectivity index (χ1) is 11.3. The Morgan fingerprint density at radius 1 is 1.00 bits per heavy atom. The van der Waals surface area contributed by atoms with Gasteiger partial charge >= 0.3 is 0 Å². The van der Waals surface area contributed by atoms with Gasteiger partial charge in [-0.1, -0.05) is 46.9 Å². The van der Waals surface area contributed by atoms with Gasteiger partial charge in [-0.15, -0.1) is 0 Å². The van der Waals surface area contributed by atoms with E-state index in [2.05, 4.69) is 15.3 Å². The molecule has 122 valence electrons. The van der Waals surface area contributed by atoms with Crippen LogP contribution in [-0.2, 0) is 3.79 Å². The van der Waals surface area contributed by atoms with Crippen molar-refractivity contribution in [1.82, 2.24) is 9.97 Å². The summed E-state index contributed by atoms with van der Waals surface area (Å²) in [6, 6.07) is 13.2. The fraction of sp³-hybridized carbons (Fsp3) is 0.0667. The average Bonchev–Trinajstić information content (AvgIpc) is 2.54. The standard InChI is InChI=1S/C15H9Cl3N4O2/c16-15(17,18)14-20-12-4-2-1-3-11(12)13(21-14)19-9-5-7-10(8-6-9)22(23)24/h1-8H,(H,19,20,21). The highest BCUT2D eigenvalue weighted by Gasteiger charge is 2.28. The van der Waals surface area contributed by atoms with Crippen LogP contribution in [0.15, 0.2) is 48.5 Å². The minimum absolute atomic E-state index is 0.00456. The molecule has 3 aromatic rings. The molecule has 0 atom stereocenters. The van der Waals surface area contributed by atoms with Crippen molar-refractivity contribution in [3.63, 3.8) is 0 Å². The van der Waals surface area contributed by atoms with Crippen LogP contribution in [0.5, 0.6) is 0 Å². The highest BCUT2D eigenvalue weighted by molar-refractivity contribution is 6.66. The number of hydrogen-bond acceptors (Lipinski definition) is 5. The molecule has 0 aliphatic carbocycles. The molecule has 3 rings (SSSR count). The number of hydrogen-bond donors (Lipinski definition) is 1. The van der Waals surface area contributed by atoms with Gasteiger partial charge < -0.3 is 5.32 Å². The molecule has 0 radical (unpaired) electrons. The number of alkyl halides is 3. The molecular formula is C15H9Cl3N4O2. The summed E-state index contributed by atoms with van der Waals surface area (Å²) in [6.45, 7) is 0. The summed E-state index contributed by atoms with van der Waals surface area (Å²) >= 11 is 17.7. The Morgan fingerprint density at radius 2 is 1.67 bits per heavy atom. The quantitative estimate of drug-likeness (QED) is 0.386. The van der Waals surface area contributed by atoms with E-state index in [9.17, 15) is 10.1 Å². The molecule has 2 aromatic carbocycles. The number of nitro benzene ring substituents is 1. The van der Waals surface area contributed by atoms with Gasteiger partial charge in [0.05, 0.1) is 10.4 Å². The second-order valence-corrected chi connectivity index (χ2v) is 7.12. The van der Waals surface area contributed by atoms with Crippen molar-refractivity contribution < 1.29 is 4.92 Å². The lowest BCUT2D eigenvalue weighted by atomic mass is 10.2. The summed E-state index contributed by atoms with van der Waals surface area (Å²) in [5, 5.41) is 14.5. The van der Waals surface area contributed by atoms with E-state index in [4.69, 9.17) is 34.8 Å². The molecule has 0 unspecified atom stereocenters. The number of aromatic nitrogens is 2. The van der Waals surface area contributed by atoms with Gasteiger partial charge in [0.15, 0.2) is 5.82 Å². The maximum Gasteiger partial charge on any atom is 0.269 e. The second-order valence-electron chi connectivity index (χ2n) is 4.84. The number of benzene rings is 2. The predicted octanol–water partition coefficient (Wildman–Crippen LogP) is 5.11. The van der Waals surface area contributed by atoms with Crippen molar-refractivity contribution >= 4 is 62.9 Å². The summed E-state index contributed by atoms with van der Waals surface area (Å²) < 4.78 is -1.77. The number of anilines is 2. The van der Waals surface area contributed by atoms with Crippen LogP contribution in [0.2, 0.25) is 0 Å². The molecule has 9 heteroatoms. The number of nitrogens with one attached hydrogen (secondary N) is 1. The molecule has 0 fully saturated rings. The molecule has 1 heterocycles. The predicted molar refractivity (Wildman–Crippen MR) is 95.2 cm³/mol. The number of fused-ring (bicyclic) bond motifs is 1. The van der Waals surface area contributed by atoms with E-state index in [1.807, 2.05) is 18.2 Å². The van der Waals surface area contributed by atoms with Crippen LogP contribution in [0.1, 0.15) is 5.82 Å². The second kappa shape index (κ2) is 6.39. The summed E-state index contributed by atoms with van der Waals surface area (Å²) in [4.78, 5) is 18.8. The third-order valence-corrected chi connectivity index (χ3v) is 3.70. The molecule has 24 heavy (non-hydrogen) atoms. The third kappa shape index (κ3) is 3.51. The Balaban J connectivity index is 2.05. The smallest absolute Gasteiger partial charge is 0.269 e.